The number of carboxylic acids is 1. The fourth-order valence-electron chi connectivity index (χ4n) is 7.45. The molecule has 0 aromatic carbocycles. The lowest BCUT2D eigenvalue weighted by molar-refractivity contribution is -0.542. The highest BCUT2D eigenvalue weighted by Crippen LogP contribution is 2.36. The van der Waals surface area contributed by atoms with Gasteiger partial charge in [0.15, 0.2) is 0 Å². The average molecular weight is 647 g/mol. The molecule has 0 aromatic rings. The number of nitro groups is 2. The van der Waals surface area contributed by atoms with E-state index in [9.17, 15) is 34.9 Å². The van der Waals surface area contributed by atoms with E-state index in [0.717, 1.165) is 19.3 Å². The summed E-state index contributed by atoms with van der Waals surface area (Å²) in [7, 11) is 0. The zero-order chi connectivity index (χ0) is 32.3. The summed E-state index contributed by atoms with van der Waals surface area (Å²) in [6.45, 7) is 0.209. The quantitative estimate of drug-likeness (QED) is 0.0851. The summed E-state index contributed by atoms with van der Waals surface area (Å²) in [5.74, 6) is -4.97. The van der Waals surface area contributed by atoms with Crippen LogP contribution >= 0.6 is 0 Å². The number of ether oxygens (including phenoxy) is 3. The molecule has 16 nitrogen and oxygen atoms in total. The van der Waals surface area contributed by atoms with Crippen LogP contribution in [0.5, 0.6) is 0 Å². The third-order valence-corrected chi connectivity index (χ3v) is 10.1. The summed E-state index contributed by atoms with van der Waals surface area (Å²) in [5.41, 5.74) is 0. The molecule has 0 heterocycles. The molecule has 16 heteroatoms. The van der Waals surface area contributed by atoms with Gasteiger partial charge in [0, 0.05) is 22.7 Å². The zero-order valence-electron chi connectivity index (χ0n) is 25.5. The van der Waals surface area contributed by atoms with Gasteiger partial charge in [0.1, 0.15) is 18.8 Å². The van der Waals surface area contributed by atoms with Crippen LogP contribution in [0, 0.1) is 43.9 Å². The number of carboxylic acid groups (broad SMARTS) is 1. The molecule has 0 aliphatic heterocycles. The van der Waals surface area contributed by atoms with E-state index in [1.807, 2.05) is 0 Å². The van der Waals surface area contributed by atoms with Gasteiger partial charge in [-0.3, -0.25) is 35.1 Å². The lowest BCUT2D eigenvalue weighted by Gasteiger charge is -2.33. The van der Waals surface area contributed by atoms with E-state index in [0.29, 0.717) is 57.8 Å². The van der Waals surface area contributed by atoms with Gasteiger partial charge in [0.05, 0.1) is 43.4 Å². The van der Waals surface area contributed by atoms with E-state index in [2.05, 4.69) is 4.89 Å². The molecule has 0 amide bonds. The van der Waals surface area contributed by atoms with Gasteiger partial charge in [-0.2, -0.15) is 0 Å². The van der Waals surface area contributed by atoms with Crippen molar-refractivity contribution in [2.75, 3.05) is 20.0 Å². The standard InChI is InChI=1S/C29H46N2O14/c32-28(33)23-4-2-6-26(31(37)38)27(23)29(34)44-21-11-7-19(8-12-21)40-17-41-20-9-13-22(14-10-20)45-43-16-24-18(15-42-39)3-1-5-25(24)30(35)36/h18-27,39H,1-17H2,(H,32,33). The summed E-state index contributed by atoms with van der Waals surface area (Å²) < 4.78 is 17.4. The van der Waals surface area contributed by atoms with E-state index in [1.165, 1.54) is 0 Å². The molecule has 256 valence electrons. The first kappa shape index (κ1) is 35.4. The SMILES string of the molecule is O=C(O)C1CCCC([N+](=O)[O-])C1C(=O)OC1CCC(OCOC2CCC(OOCC3C(COO)CCCC3[N+](=O)[O-])CC2)CC1. The Balaban J connectivity index is 1.09. The third-order valence-electron chi connectivity index (χ3n) is 10.1. The van der Waals surface area contributed by atoms with E-state index < -0.39 is 52.8 Å². The second-order valence-corrected chi connectivity index (χ2v) is 12.8. The maximum Gasteiger partial charge on any atom is 0.317 e. The van der Waals surface area contributed by atoms with Crippen LogP contribution in [-0.2, 0) is 38.5 Å². The maximum absolute atomic E-state index is 12.9. The number of carbonyl (C=O) groups excluding carboxylic acids is 1. The van der Waals surface area contributed by atoms with Crippen LogP contribution < -0.4 is 0 Å². The molecule has 0 saturated heterocycles. The topological polar surface area (TPSA) is 216 Å². The van der Waals surface area contributed by atoms with Crippen LogP contribution in [0.1, 0.15) is 89.9 Å². The second-order valence-electron chi connectivity index (χ2n) is 12.8. The van der Waals surface area contributed by atoms with Gasteiger partial charge in [-0.25, -0.2) is 14.7 Å². The molecule has 6 atom stereocenters. The van der Waals surface area contributed by atoms with E-state index >= 15 is 0 Å². The minimum atomic E-state index is -1.28. The Morgan fingerprint density at radius 2 is 1.27 bits per heavy atom. The van der Waals surface area contributed by atoms with Crippen LogP contribution in [0.2, 0.25) is 0 Å². The molecule has 0 aromatic heterocycles. The van der Waals surface area contributed by atoms with Crippen molar-refractivity contribution in [1.82, 2.24) is 0 Å². The van der Waals surface area contributed by atoms with Crippen LogP contribution in [0.25, 0.3) is 0 Å². The Morgan fingerprint density at radius 3 is 1.84 bits per heavy atom. The highest BCUT2D eigenvalue weighted by molar-refractivity contribution is 5.82. The predicted octanol–water partition coefficient (Wildman–Crippen LogP) is 3.79. The van der Waals surface area contributed by atoms with Crippen molar-refractivity contribution in [3.63, 3.8) is 0 Å². The van der Waals surface area contributed by atoms with E-state index in [4.69, 9.17) is 29.2 Å². The first-order valence-corrected chi connectivity index (χ1v) is 16.2. The Hall–Kier alpha value is -2.50. The Labute approximate surface area is 261 Å². The van der Waals surface area contributed by atoms with Crippen LogP contribution in [0.4, 0.5) is 0 Å². The average Bonchev–Trinajstić information content (AvgIpc) is 3.02. The number of hydrogen-bond acceptors (Lipinski definition) is 13. The Morgan fingerprint density at radius 1 is 0.711 bits per heavy atom. The number of nitrogens with zero attached hydrogens (tertiary/aromatic N) is 2. The highest BCUT2D eigenvalue weighted by Gasteiger charge is 2.50. The number of rotatable bonds is 15. The molecule has 45 heavy (non-hydrogen) atoms. The van der Waals surface area contributed by atoms with Gasteiger partial charge in [-0.1, -0.05) is 0 Å². The van der Waals surface area contributed by atoms with Crippen molar-refractivity contribution in [3.8, 4) is 0 Å². The molecule has 6 unspecified atom stereocenters. The molecule has 0 bridgehead atoms. The molecule has 0 spiro atoms. The van der Waals surface area contributed by atoms with Crippen LogP contribution in [-0.4, -0.2) is 88.7 Å². The molecule has 4 rings (SSSR count). The monoisotopic (exact) mass is 646 g/mol. The number of carbonyl (C=O) groups is 2. The van der Waals surface area contributed by atoms with E-state index in [1.54, 1.807) is 0 Å². The van der Waals surface area contributed by atoms with Gasteiger partial charge < -0.3 is 19.3 Å². The molecule has 4 aliphatic carbocycles. The Kier molecular flexibility index (Phi) is 13.7. The molecular weight excluding hydrogens is 600 g/mol. The number of hydrogen-bond donors (Lipinski definition) is 2. The van der Waals surface area contributed by atoms with Gasteiger partial charge in [0.25, 0.3) is 0 Å². The fraction of sp³-hybridized carbons (Fsp3) is 0.931. The van der Waals surface area contributed by atoms with Crippen molar-refractivity contribution >= 4 is 11.9 Å². The lowest BCUT2D eigenvalue weighted by atomic mass is 9.76. The van der Waals surface area contributed by atoms with Crippen LogP contribution in [0.15, 0.2) is 0 Å². The second kappa shape index (κ2) is 17.4. The maximum atomic E-state index is 12.9. The fourth-order valence-corrected chi connectivity index (χ4v) is 7.45. The van der Waals surface area contributed by atoms with Gasteiger partial charge >= 0.3 is 11.9 Å². The molecule has 2 N–H and O–H groups in total. The molecule has 4 aliphatic rings. The summed E-state index contributed by atoms with van der Waals surface area (Å²) in [5, 5.41) is 41.4. The first-order valence-electron chi connectivity index (χ1n) is 16.2. The number of aliphatic carboxylic acids is 1. The Bertz CT molecular complexity index is 960. The summed E-state index contributed by atoms with van der Waals surface area (Å²) in [6.07, 6.45) is 7.16. The smallest absolute Gasteiger partial charge is 0.317 e. The first-order chi connectivity index (χ1) is 21.7. The third kappa shape index (κ3) is 9.99. The molecular formula is C29H46N2O14. The van der Waals surface area contributed by atoms with E-state index in [-0.39, 0.29) is 62.0 Å². The van der Waals surface area contributed by atoms with Crippen LogP contribution in [0.3, 0.4) is 0 Å². The largest absolute Gasteiger partial charge is 0.481 e. The van der Waals surface area contributed by atoms with Gasteiger partial charge in [-0.15, -0.1) is 0 Å². The summed E-state index contributed by atoms with van der Waals surface area (Å²) in [4.78, 5) is 62.0. The predicted molar refractivity (Wildman–Crippen MR) is 152 cm³/mol. The van der Waals surface area contributed by atoms with Gasteiger partial charge in [-0.05, 0) is 83.0 Å². The van der Waals surface area contributed by atoms with Crippen molar-refractivity contribution in [2.24, 2.45) is 23.7 Å². The lowest BCUT2D eigenvalue weighted by Crippen LogP contribution is -2.47. The van der Waals surface area contributed by atoms with Crippen molar-refractivity contribution in [1.29, 1.82) is 0 Å². The number of esters is 1. The highest BCUT2D eigenvalue weighted by atomic mass is 17.2. The molecule has 4 fully saturated rings. The van der Waals surface area contributed by atoms with Crippen molar-refractivity contribution in [3.05, 3.63) is 20.2 Å². The minimum Gasteiger partial charge on any atom is -0.481 e. The molecule has 0 radical (unpaired) electrons. The summed E-state index contributed by atoms with van der Waals surface area (Å²) in [6, 6.07) is -2.00. The van der Waals surface area contributed by atoms with Crippen molar-refractivity contribution in [2.45, 2.75) is 126 Å². The normalized spacial score (nSPS) is 35.8. The van der Waals surface area contributed by atoms with Crippen molar-refractivity contribution < 1.29 is 58.7 Å². The minimum absolute atomic E-state index is 0.00217. The van der Waals surface area contributed by atoms with Gasteiger partial charge in [0.2, 0.25) is 12.1 Å². The summed E-state index contributed by atoms with van der Waals surface area (Å²) >= 11 is 0. The molecule has 4 saturated carbocycles. The zero-order valence-corrected chi connectivity index (χ0v) is 25.5.